The van der Waals surface area contributed by atoms with E-state index < -0.39 is 11.5 Å². The number of amides is 3. The molecule has 0 radical (unpaired) electrons. The van der Waals surface area contributed by atoms with Crippen LogP contribution in [0.25, 0.3) is 21.9 Å². The maximum Gasteiger partial charge on any atom is 0.290 e. The molecule has 4 aromatic rings. The predicted octanol–water partition coefficient (Wildman–Crippen LogP) is 3.62. The van der Waals surface area contributed by atoms with Gasteiger partial charge in [-0.3, -0.25) is 14.4 Å². The fourth-order valence-electron chi connectivity index (χ4n) is 5.83. The van der Waals surface area contributed by atoms with Crippen molar-refractivity contribution < 1.29 is 14.4 Å². The molecule has 2 saturated heterocycles. The number of aryl methyl sites for hydroxylation is 1. The van der Waals surface area contributed by atoms with Crippen LogP contribution in [0.2, 0.25) is 0 Å². The molecule has 2 aromatic carbocycles. The van der Waals surface area contributed by atoms with Gasteiger partial charge in [-0.05, 0) is 42.5 Å². The zero-order valence-corrected chi connectivity index (χ0v) is 22.0. The lowest BCUT2D eigenvalue weighted by Crippen LogP contribution is -2.59. The third-order valence-electron chi connectivity index (χ3n) is 7.87. The molecule has 2 fully saturated rings. The number of nitrogens with one attached hydrogen (secondary N) is 3. The second kappa shape index (κ2) is 8.72. The van der Waals surface area contributed by atoms with Gasteiger partial charge < -0.3 is 25.1 Å². The highest BCUT2D eigenvalue weighted by molar-refractivity contribution is 6.01. The van der Waals surface area contributed by atoms with E-state index >= 15 is 0 Å². The summed E-state index contributed by atoms with van der Waals surface area (Å²) in [5, 5.41) is 3.97. The summed E-state index contributed by atoms with van der Waals surface area (Å²) in [4.78, 5) is 54.8. The number of hydrogen-bond acceptors (Lipinski definition) is 4. The molecule has 2 aliphatic heterocycles. The maximum atomic E-state index is 13.8. The van der Waals surface area contributed by atoms with Crippen LogP contribution in [-0.4, -0.2) is 73.7 Å². The number of H-pyrrole nitrogens is 2. The van der Waals surface area contributed by atoms with Gasteiger partial charge in [-0.25, -0.2) is 4.98 Å². The van der Waals surface area contributed by atoms with Gasteiger partial charge in [0.2, 0.25) is 5.91 Å². The van der Waals surface area contributed by atoms with Crippen LogP contribution < -0.4 is 5.32 Å². The Kier molecular flexibility index (Phi) is 5.55. The first kappa shape index (κ1) is 24.2. The molecule has 9 nitrogen and oxygen atoms in total. The Morgan fingerprint density at radius 2 is 1.74 bits per heavy atom. The van der Waals surface area contributed by atoms with E-state index in [1.807, 2.05) is 86.0 Å². The number of likely N-dealkylation sites (tertiary alicyclic amines) is 2. The summed E-state index contributed by atoms with van der Waals surface area (Å²) < 4.78 is 0. The molecule has 2 bridgehead atoms. The highest BCUT2D eigenvalue weighted by Crippen LogP contribution is 2.34. The summed E-state index contributed by atoms with van der Waals surface area (Å²) in [6.45, 7) is 8.76. The number of rotatable bonds is 4. The first-order valence-corrected chi connectivity index (χ1v) is 13.1. The second-order valence-electron chi connectivity index (χ2n) is 11.6. The van der Waals surface area contributed by atoms with Crippen LogP contribution in [-0.2, 0) is 4.79 Å². The average Bonchev–Trinajstić information content (AvgIpc) is 3.67. The van der Waals surface area contributed by atoms with Crippen LogP contribution in [0.5, 0.6) is 0 Å². The van der Waals surface area contributed by atoms with Crippen molar-refractivity contribution in [3.8, 4) is 0 Å². The van der Waals surface area contributed by atoms with Crippen LogP contribution in [0.4, 0.5) is 0 Å². The molecule has 4 heterocycles. The SMILES string of the molecule is Cc1cccc2cc(C(=O)N[C@H](C(=O)N3C[C@@H]4C[C@H]3CN4C(=O)c3nc4ccccc4[nH]3)C(C)(C)C)[nH]c12. The molecule has 9 heteroatoms. The first-order valence-electron chi connectivity index (χ1n) is 13.1. The van der Waals surface area contributed by atoms with E-state index in [1.54, 1.807) is 0 Å². The van der Waals surface area contributed by atoms with Crippen molar-refractivity contribution in [1.29, 1.82) is 0 Å². The molecule has 3 N–H and O–H groups in total. The van der Waals surface area contributed by atoms with E-state index in [0.717, 1.165) is 33.9 Å². The van der Waals surface area contributed by atoms with Crippen LogP contribution in [0.15, 0.2) is 48.5 Å². The molecule has 0 spiro atoms. The summed E-state index contributed by atoms with van der Waals surface area (Å²) in [6.07, 6.45) is 0.726. The lowest BCUT2D eigenvalue weighted by molar-refractivity contribution is -0.138. The summed E-state index contributed by atoms with van der Waals surface area (Å²) in [5.74, 6) is -0.234. The zero-order valence-electron chi connectivity index (χ0n) is 22.0. The molecular weight excluding hydrogens is 480 g/mol. The second-order valence-corrected chi connectivity index (χ2v) is 11.6. The van der Waals surface area contributed by atoms with Gasteiger partial charge in [0.05, 0.1) is 23.1 Å². The number of para-hydroxylation sites is 3. The molecule has 2 aliphatic rings. The van der Waals surface area contributed by atoms with Gasteiger partial charge in [-0.15, -0.1) is 0 Å². The summed E-state index contributed by atoms with van der Waals surface area (Å²) in [7, 11) is 0. The molecular formula is C29H32N6O3. The number of fused-ring (bicyclic) bond motifs is 4. The topological polar surface area (TPSA) is 114 Å². The van der Waals surface area contributed by atoms with Crippen molar-refractivity contribution in [2.24, 2.45) is 5.41 Å². The Hall–Kier alpha value is -4.14. The number of carbonyl (C=O) groups excluding carboxylic acids is 3. The van der Waals surface area contributed by atoms with E-state index in [0.29, 0.717) is 24.6 Å². The maximum absolute atomic E-state index is 13.8. The molecule has 6 rings (SSSR count). The van der Waals surface area contributed by atoms with Crippen molar-refractivity contribution in [3.05, 3.63) is 65.6 Å². The highest BCUT2D eigenvalue weighted by Gasteiger charge is 2.50. The van der Waals surface area contributed by atoms with Gasteiger partial charge in [0.25, 0.3) is 11.8 Å². The fourth-order valence-corrected chi connectivity index (χ4v) is 5.83. The third-order valence-corrected chi connectivity index (χ3v) is 7.87. The van der Waals surface area contributed by atoms with Gasteiger partial charge >= 0.3 is 0 Å². The van der Waals surface area contributed by atoms with Gasteiger partial charge in [-0.1, -0.05) is 51.1 Å². The summed E-state index contributed by atoms with van der Waals surface area (Å²) in [5.41, 5.74) is 3.49. The Balaban J connectivity index is 1.17. The van der Waals surface area contributed by atoms with Gasteiger partial charge in [0.1, 0.15) is 11.7 Å². The summed E-state index contributed by atoms with van der Waals surface area (Å²) in [6, 6.07) is 14.4. The van der Waals surface area contributed by atoms with Crippen LogP contribution >= 0.6 is 0 Å². The Labute approximate surface area is 220 Å². The molecule has 3 atom stereocenters. The predicted molar refractivity (Wildman–Crippen MR) is 145 cm³/mol. The van der Waals surface area contributed by atoms with E-state index in [4.69, 9.17) is 0 Å². The average molecular weight is 513 g/mol. The molecule has 0 aliphatic carbocycles. The minimum atomic E-state index is -0.707. The number of benzene rings is 2. The van der Waals surface area contributed by atoms with E-state index in [1.165, 1.54) is 0 Å². The van der Waals surface area contributed by atoms with E-state index in [-0.39, 0.29) is 29.8 Å². The summed E-state index contributed by atoms with van der Waals surface area (Å²) >= 11 is 0. The number of nitrogens with zero attached hydrogens (tertiary/aromatic N) is 3. The Morgan fingerprint density at radius 3 is 2.42 bits per heavy atom. The number of imidazole rings is 1. The number of carbonyl (C=O) groups is 3. The number of piperazine rings is 1. The minimum Gasteiger partial charge on any atom is -0.350 e. The molecule has 196 valence electrons. The minimum absolute atomic E-state index is 0.0716. The smallest absolute Gasteiger partial charge is 0.290 e. The van der Waals surface area contributed by atoms with Gasteiger partial charge in [-0.2, -0.15) is 0 Å². The normalized spacial score (nSPS) is 19.9. The van der Waals surface area contributed by atoms with Crippen LogP contribution in [0.1, 0.15) is 53.9 Å². The largest absolute Gasteiger partial charge is 0.350 e. The standard InChI is InChI=1S/C29H32N6O3/c1-16-8-7-9-17-12-22(30-23(16)17)26(36)33-24(29(2,3)4)27(37)34-14-19-13-18(34)15-35(19)28(38)25-31-20-10-5-6-11-21(20)32-25/h5-12,18-19,24,30H,13-15H2,1-4H3,(H,31,32)(H,33,36)/t18-,19-,24+/m0/s1. The number of hydrogen-bond donors (Lipinski definition) is 3. The van der Waals surface area contributed by atoms with Crippen molar-refractivity contribution in [2.75, 3.05) is 13.1 Å². The van der Waals surface area contributed by atoms with Crippen molar-refractivity contribution >= 4 is 39.7 Å². The molecule has 3 amide bonds. The third kappa shape index (κ3) is 4.02. The Morgan fingerprint density at radius 1 is 1.00 bits per heavy atom. The van der Waals surface area contributed by atoms with Gasteiger partial charge in [0.15, 0.2) is 5.82 Å². The van der Waals surface area contributed by atoms with Crippen LogP contribution in [0, 0.1) is 12.3 Å². The van der Waals surface area contributed by atoms with Crippen molar-refractivity contribution in [3.63, 3.8) is 0 Å². The molecule has 2 aromatic heterocycles. The van der Waals surface area contributed by atoms with E-state index in [9.17, 15) is 14.4 Å². The first-order chi connectivity index (χ1) is 18.1. The Bertz CT molecular complexity index is 1540. The highest BCUT2D eigenvalue weighted by atomic mass is 16.2. The lowest BCUT2D eigenvalue weighted by atomic mass is 9.85. The lowest BCUT2D eigenvalue weighted by Gasteiger charge is -2.39. The number of aromatic nitrogens is 3. The quantitative estimate of drug-likeness (QED) is 0.387. The van der Waals surface area contributed by atoms with Crippen molar-refractivity contribution in [2.45, 2.75) is 52.2 Å². The molecule has 38 heavy (non-hydrogen) atoms. The van der Waals surface area contributed by atoms with Crippen molar-refractivity contribution in [1.82, 2.24) is 30.1 Å². The van der Waals surface area contributed by atoms with Crippen LogP contribution in [0.3, 0.4) is 0 Å². The zero-order chi connectivity index (χ0) is 26.8. The van der Waals surface area contributed by atoms with Gasteiger partial charge in [0, 0.05) is 24.0 Å². The fraction of sp³-hybridized carbons (Fsp3) is 0.379. The molecule has 0 saturated carbocycles. The number of aromatic amines is 2. The monoisotopic (exact) mass is 512 g/mol. The molecule has 0 unspecified atom stereocenters. The van der Waals surface area contributed by atoms with E-state index in [2.05, 4.69) is 20.3 Å².